The van der Waals surface area contributed by atoms with E-state index < -0.39 is 5.60 Å². The molecule has 106 valence electrons. The molecule has 5 heteroatoms. The summed E-state index contributed by atoms with van der Waals surface area (Å²) in [5.41, 5.74) is 0.999. The normalized spacial score (nSPS) is 18.9. The van der Waals surface area contributed by atoms with Gasteiger partial charge < -0.3 is 9.64 Å². The van der Waals surface area contributed by atoms with Crippen LogP contribution in [0.4, 0.5) is 4.79 Å². The van der Waals surface area contributed by atoms with Crippen molar-refractivity contribution in [2.75, 3.05) is 7.05 Å². The van der Waals surface area contributed by atoms with E-state index in [1.54, 1.807) is 4.90 Å². The van der Waals surface area contributed by atoms with Crippen molar-refractivity contribution in [1.29, 1.82) is 0 Å². The molecule has 19 heavy (non-hydrogen) atoms. The molecule has 0 fully saturated rings. The van der Waals surface area contributed by atoms with E-state index in [0.717, 1.165) is 19.3 Å². The third-order valence-electron chi connectivity index (χ3n) is 3.30. The predicted octanol–water partition coefficient (Wildman–Crippen LogP) is 4.08. The van der Waals surface area contributed by atoms with Crippen LogP contribution in [0.1, 0.15) is 37.6 Å². The monoisotopic (exact) mass is 393 g/mol. The molecule has 1 aromatic heterocycles. The standard InChI is InChI=1S/C14H20INO2S/c1-14(2,3)18-13(17)16(4)9-5-6-12-10(7-9)11(15)8-19-12/h8-9H,5-7H2,1-4H3. The zero-order chi connectivity index (χ0) is 14.2. The third-order valence-corrected chi connectivity index (χ3v) is 5.78. The van der Waals surface area contributed by atoms with Gasteiger partial charge in [-0.05, 0) is 68.2 Å². The molecule has 0 saturated carbocycles. The highest BCUT2D eigenvalue weighted by Gasteiger charge is 2.29. The molecular weight excluding hydrogens is 373 g/mol. The summed E-state index contributed by atoms with van der Waals surface area (Å²) < 4.78 is 6.77. The maximum Gasteiger partial charge on any atom is 0.410 e. The van der Waals surface area contributed by atoms with Gasteiger partial charge in [0.05, 0.1) is 0 Å². The van der Waals surface area contributed by atoms with Crippen LogP contribution >= 0.6 is 33.9 Å². The van der Waals surface area contributed by atoms with E-state index in [-0.39, 0.29) is 12.1 Å². The first-order chi connectivity index (χ1) is 8.78. The van der Waals surface area contributed by atoms with Gasteiger partial charge >= 0.3 is 6.09 Å². The van der Waals surface area contributed by atoms with Crippen LogP contribution < -0.4 is 0 Å². The first-order valence-corrected chi connectivity index (χ1v) is 8.44. The van der Waals surface area contributed by atoms with Crippen molar-refractivity contribution in [2.24, 2.45) is 0 Å². The van der Waals surface area contributed by atoms with E-state index in [0.29, 0.717) is 0 Å². The number of carbonyl (C=O) groups is 1. The molecule has 1 atom stereocenters. The lowest BCUT2D eigenvalue weighted by molar-refractivity contribution is 0.0210. The van der Waals surface area contributed by atoms with Gasteiger partial charge in [0, 0.05) is 26.9 Å². The van der Waals surface area contributed by atoms with Gasteiger partial charge in [-0.3, -0.25) is 0 Å². The lowest BCUT2D eigenvalue weighted by Gasteiger charge is -2.33. The molecule has 1 aliphatic carbocycles. The summed E-state index contributed by atoms with van der Waals surface area (Å²) in [4.78, 5) is 15.3. The molecule has 0 aliphatic heterocycles. The van der Waals surface area contributed by atoms with Crippen LogP contribution in [0, 0.1) is 3.57 Å². The second-order valence-electron chi connectivity index (χ2n) is 5.97. The van der Waals surface area contributed by atoms with E-state index in [9.17, 15) is 4.79 Å². The summed E-state index contributed by atoms with van der Waals surface area (Å²) in [7, 11) is 1.85. The molecule has 1 aromatic rings. The fourth-order valence-corrected chi connectivity index (χ4v) is 4.34. The number of carbonyl (C=O) groups excluding carboxylic acids is 1. The zero-order valence-electron chi connectivity index (χ0n) is 11.8. The predicted molar refractivity (Wildman–Crippen MR) is 86.8 cm³/mol. The quantitative estimate of drug-likeness (QED) is 0.673. The number of rotatable bonds is 1. The van der Waals surface area contributed by atoms with E-state index in [1.807, 2.05) is 39.2 Å². The minimum atomic E-state index is -0.429. The van der Waals surface area contributed by atoms with Crippen LogP contribution in [0.3, 0.4) is 0 Å². The Morgan fingerprint density at radius 1 is 1.53 bits per heavy atom. The second-order valence-corrected chi connectivity index (χ2v) is 8.10. The largest absolute Gasteiger partial charge is 0.444 e. The average Bonchev–Trinajstić information content (AvgIpc) is 2.67. The number of hydrogen-bond acceptors (Lipinski definition) is 3. The maximum atomic E-state index is 12.1. The first-order valence-electron chi connectivity index (χ1n) is 6.48. The van der Waals surface area contributed by atoms with E-state index in [1.165, 1.54) is 14.0 Å². The van der Waals surface area contributed by atoms with Crippen molar-refractivity contribution in [3.05, 3.63) is 19.4 Å². The first kappa shape index (κ1) is 15.1. The number of amides is 1. The summed E-state index contributed by atoms with van der Waals surface area (Å²) in [6, 6.07) is 0.255. The Hall–Kier alpha value is -0.300. The number of thiophene rings is 1. The van der Waals surface area contributed by atoms with Gasteiger partial charge in [-0.1, -0.05) is 0 Å². The lowest BCUT2D eigenvalue weighted by Crippen LogP contribution is -2.43. The molecule has 0 spiro atoms. The fourth-order valence-electron chi connectivity index (χ4n) is 2.27. The summed E-state index contributed by atoms with van der Waals surface area (Å²) in [5.74, 6) is 0. The van der Waals surface area contributed by atoms with Crippen LogP contribution in [0.2, 0.25) is 0 Å². The molecule has 0 radical (unpaired) electrons. The molecule has 3 nitrogen and oxygen atoms in total. The van der Waals surface area contributed by atoms with Gasteiger partial charge in [-0.2, -0.15) is 0 Å². The molecule has 0 bridgehead atoms. The molecule has 0 saturated heterocycles. The minimum absolute atomic E-state index is 0.216. The SMILES string of the molecule is CN(C(=O)OC(C)(C)C)C1CCc2scc(I)c2C1. The van der Waals surface area contributed by atoms with Crippen molar-refractivity contribution in [3.8, 4) is 0 Å². The Bertz CT molecular complexity index is 478. The van der Waals surface area contributed by atoms with Gasteiger partial charge in [-0.15, -0.1) is 11.3 Å². The number of hydrogen-bond donors (Lipinski definition) is 0. The molecule has 1 aliphatic rings. The van der Waals surface area contributed by atoms with E-state index >= 15 is 0 Å². The number of fused-ring (bicyclic) bond motifs is 1. The Balaban J connectivity index is 2.04. The highest BCUT2D eigenvalue weighted by molar-refractivity contribution is 14.1. The van der Waals surface area contributed by atoms with E-state index in [4.69, 9.17) is 4.74 Å². The number of likely N-dealkylation sites (N-methyl/N-ethyl adjacent to an activating group) is 1. The molecule has 1 unspecified atom stereocenters. The van der Waals surface area contributed by atoms with Crippen LogP contribution in [0.25, 0.3) is 0 Å². The summed E-state index contributed by atoms with van der Waals surface area (Å²) in [6.07, 6.45) is 2.83. The molecule has 0 N–H and O–H groups in total. The van der Waals surface area contributed by atoms with Crippen LogP contribution in [0.5, 0.6) is 0 Å². The highest BCUT2D eigenvalue weighted by Crippen LogP contribution is 2.32. The van der Waals surface area contributed by atoms with Crippen molar-refractivity contribution >= 4 is 40.0 Å². The molecular formula is C14H20INO2S. The summed E-state index contributed by atoms with van der Waals surface area (Å²) >= 11 is 4.23. The number of ether oxygens (including phenoxy) is 1. The van der Waals surface area contributed by atoms with Crippen molar-refractivity contribution < 1.29 is 9.53 Å². The Labute approximate surface area is 132 Å². The Kier molecular flexibility index (Phi) is 4.45. The number of nitrogens with zero attached hydrogens (tertiary/aromatic N) is 1. The molecule has 2 rings (SSSR count). The smallest absolute Gasteiger partial charge is 0.410 e. The van der Waals surface area contributed by atoms with Crippen LogP contribution in [-0.4, -0.2) is 29.7 Å². The highest BCUT2D eigenvalue weighted by atomic mass is 127. The lowest BCUT2D eigenvalue weighted by atomic mass is 9.94. The van der Waals surface area contributed by atoms with Gasteiger partial charge in [-0.25, -0.2) is 4.79 Å². The van der Waals surface area contributed by atoms with Gasteiger partial charge in [0.1, 0.15) is 5.60 Å². The van der Waals surface area contributed by atoms with Crippen molar-refractivity contribution in [3.63, 3.8) is 0 Å². The minimum Gasteiger partial charge on any atom is -0.444 e. The maximum absolute atomic E-state index is 12.1. The molecule has 0 aromatic carbocycles. The fraction of sp³-hybridized carbons (Fsp3) is 0.643. The summed E-state index contributed by atoms with van der Waals surface area (Å²) in [6.45, 7) is 5.71. The van der Waals surface area contributed by atoms with E-state index in [2.05, 4.69) is 28.0 Å². The van der Waals surface area contributed by atoms with Crippen molar-refractivity contribution in [1.82, 2.24) is 4.90 Å². The number of aryl methyl sites for hydroxylation is 1. The third kappa shape index (κ3) is 3.62. The van der Waals surface area contributed by atoms with Crippen molar-refractivity contribution in [2.45, 2.75) is 51.7 Å². The Morgan fingerprint density at radius 3 is 2.84 bits per heavy atom. The molecule has 1 heterocycles. The van der Waals surface area contributed by atoms with Gasteiger partial charge in [0.25, 0.3) is 0 Å². The van der Waals surface area contributed by atoms with Gasteiger partial charge in [0.2, 0.25) is 0 Å². The summed E-state index contributed by atoms with van der Waals surface area (Å²) in [5, 5.41) is 2.21. The second kappa shape index (κ2) is 5.60. The van der Waals surface area contributed by atoms with Crippen LogP contribution in [0.15, 0.2) is 5.38 Å². The van der Waals surface area contributed by atoms with Crippen LogP contribution in [-0.2, 0) is 17.6 Å². The topological polar surface area (TPSA) is 29.5 Å². The average molecular weight is 393 g/mol. The molecule has 1 amide bonds. The zero-order valence-corrected chi connectivity index (χ0v) is 14.8. The number of halogens is 1. The Morgan fingerprint density at radius 2 is 2.21 bits per heavy atom. The van der Waals surface area contributed by atoms with Gasteiger partial charge in [0.15, 0.2) is 0 Å².